The van der Waals surface area contributed by atoms with Crippen molar-refractivity contribution in [3.05, 3.63) is 45.6 Å². The van der Waals surface area contributed by atoms with E-state index in [1.807, 2.05) is 0 Å². The minimum absolute atomic E-state index is 0.0250. The minimum atomic E-state index is -3.61. The molecule has 0 radical (unpaired) electrons. The van der Waals surface area contributed by atoms with E-state index >= 15 is 0 Å². The predicted molar refractivity (Wildman–Crippen MR) is 76.2 cm³/mol. The van der Waals surface area contributed by atoms with E-state index in [-0.39, 0.29) is 16.7 Å². The number of phenolic OH excluding ortho intramolecular Hbond substituents is 1. The molecule has 2 rings (SSSR count). The van der Waals surface area contributed by atoms with E-state index in [0.29, 0.717) is 4.34 Å². The maximum Gasteiger partial charge on any atom is 0.241 e. The molecule has 0 bridgehead atoms. The van der Waals surface area contributed by atoms with Crippen molar-refractivity contribution < 1.29 is 13.5 Å². The van der Waals surface area contributed by atoms with E-state index in [2.05, 4.69) is 4.72 Å². The fourth-order valence-electron chi connectivity index (χ4n) is 1.55. The average molecular weight is 318 g/mol. The summed E-state index contributed by atoms with van der Waals surface area (Å²) in [7, 11) is -3.61. The molecule has 0 saturated carbocycles. The molecule has 0 aliphatic heterocycles. The fourth-order valence-corrected chi connectivity index (χ4v) is 3.91. The Morgan fingerprint density at radius 3 is 2.37 bits per heavy atom. The van der Waals surface area contributed by atoms with Crippen LogP contribution in [0.3, 0.4) is 0 Å². The molecule has 0 saturated heterocycles. The molecular formula is C12H12ClNO3S2. The van der Waals surface area contributed by atoms with Crippen molar-refractivity contribution in [2.45, 2.75) is 17.9 Å². The number of nitrogens with one attached hydrogen (secondary N) is 1. The van der Waals surface area contributed by atoms with Gasteiger partial charge in [0.15, 0.2) is 0 Å². The van der Waals surface area contributed by atoms with Gasteiger partial charge in [-0.2, -0.15) is 0 Å². The topological polar surface area (TPSA) is 66.4 Å². The van der Waals surface area contributed by atoms with Crippen LogP contribution >= 0.6 is 22.9 Å². The van der Waals surface area contributed by atoms with E-state index in [1.165, 1.54) is 35.6 Å². The fraction of sp³-hybridized carbons (Fsp3) is 0.167. The van der Waals surface area contributed by atoms with E-state index < -0.39 is 10.0 Å². The quantitative estimate of drug-likeness (QED) is 0.910. The molecule has 7 heteroatoms. The molecule has 1 aromatic heterocycles. The lowest BCUT2D eigenvalue weighted by molar-refractivity contribution is 0.474. The third kappa shape index (κ3) is 3.48. The van der Waals surface area contributed by atoms with Crippen LogP contribution in [0.15, 0.2) is 41.3 Å². The Balaban J connectivity index is 2.19. The van der Waals surface area contributed by atoms with Crippen LogP contribution in [0.25, 0.3) is 0 Å². The molecule has 1 unspecified atom stereocenters. The molecule has 0 fully saturated rings. The highest BCUT2D eigenvalue weighted by Gasteiger charge is 2.19. The number of hydrogen-bond donors (Lipinski definition) is 2. The molecule has 0 spiro atoms. The first-order chi connectivity index (χ1) is 8.88. The van der Waals surface area contributed by atoms with Crippen molar-refractivity contribution in [2.75, 3.05) is 0 Å². The molecule has 1 heterocycles. The number of sulfonamides is 1. The molecular weight excluding hydrogens is 306 g/mol. The summed E-state index contributed by atoms with van der Waals surface area (Å²) < 4.78 is 27.4. The van der Waals surface area contributed by atoms with Gasteiger partial charge in [-0.15, -0.1) is 11.3 Å². The van der Waals surface area contributed by atoms with Gasteiger partial charge in [0.05, 0.1) is 15.3 Å². The van der Waals surface area contributed by atoms with E-state index in [0.717, 1.165) is 4.88 Å². The largest absolute Gasteiger partial charge is 0.508 e. The first kappa shape index (κ1) is 14.3. The highest BCUT2D eigenvalue weighted by Crippen LogP contribution is 2.27. The number of benzene rings is 1. The molecule has 2 N–H and O–H groups in total. The average Bonchev–Trinajstić information content (AvgIpc) is 2.76. The molecule has 19 heavy (non-hydrogen) atoms. The Morgan fingerprint density at radius 2 is 1.84 bits per heavy atom. The van der Waals surface area contributed by atoms with Crippen LogP contribution < -0.4 is 4.72 Å². The van der Waals surface area contributed by atoms with Gasteiger partial charge in [0.2, 0.25) is 10.0 Å². The zero-order valence-corrected chi connectivity index (χ0v) is 12.4. The minimum Gasteiger partial charge on any atom is -0.508 e. The highest BCUT2D eigenvalue weighted by atomic mass is 35.5. The molecule has 102 valence electrons. The zero-order valence-electron chi connectivity index (χ0n) is 10.00. The zero-order chi connectivity index (χ0) is 14.0. The van der Waals surface area contributed by atoms with Gasteiger partial charge in [0, 0.05) is 4.88 Å². The van der Waals surface area contributed by atoms with Gasteiger partial charge in [-0.05, 0) is 43.3 Å². The lowest BCUT2D eigenvalue weighted by Gasteiger charge is -2.12. The Labute approximate surface area is 120 Å². The second kappa shape index (κ2) is 5.50. The summed E-state index contributed by atoms with van der Waals surface area (Å²) in [4.78, 5) is 0.951. The number of rotatable bonds is 4. The standard InChI is InChI=1S/C12H12ClNO3S2/c1-8(11-6-7-12(13)18-11)14-19(16,17)10-4-2-9(15)3-5-10/h2-8,14-15H,1H3. The van der Waals surface area contributed by atoms with Gasteiger partial charge in [-0.1, -0.05) is 11.6 Å². The van der Waals surface area contributed by atoms with Gasteiger partial charge in [-0.25, -0.2) is 13.1 Å². The summed E-state index contributed by atoms with van der Waals surface area (Å²) in [6, 6.07) is 8.53. The van der Waals surface area contributed by atoms with Crippen LogP contribution in [-0.2, 0) is 10.0 Å². The highest BCUT2D eigenvalue weighted by molar-refractivity contribution is 7.89. The van der Waals surface area contributed by atoms with Crippen LogP contribution in [0.5, 0.6) is 5.75 Å². The lowest BCUT2D eigenvalue weighted by atomic mass is 10.3. The molecule has 2 aromatic rings. The summed E-state index contributed by atoms with van der Waals surface area (Å²) in [6.45, 7) is 1.75. The summed E-state index contributed by atoms with van der Waals surface area (Å²) in [5, 5.41) is 9.16. The summed E-state index contributed by atoms with van der Waals surface area (Å²) >= 11 is 7.16. The molecule has 0 aliphatic rings. The summed E-state index contributed by atoms with van der Waals surface area (Å²) in [5.41, 5.74) is 0. The smallest absolute Gasteiger partial charge is 0.241 e. The Bertz CT molecular complexity index is 665. The second-order valence-corrected chi connectivity index (χ2v) is 7.44. The van der Waals surface area contributed by atoms with Gasteiger partial charge in [0.25, 0.3) is 0 Å². The summed E-state index contributed by atoms with van der Waals surface area (Å²) in [5.74, 6) is 0.0250. The SMILES string of the molecule is CC(NS(=O)(=O)c1ccc(O)cc1)c1ccc(Cl)s1. The molecule has 1 atom stereocenters. The van der Waals surface area contributed by atoms with Gasteiger partial charge < -0.3 is 5.11 Å². The monoisotopic (exact) mass is 317 g/mol. The third-order valence-electron chi connectivity index (χ3n) is 2.50. The van der Waals surface area contributed by atoms with E-state index in [1.54, 1.807) is 19.1 Å². The number of phenols is 1. The number of hydrogen-bond acceptors (Lipinski definition) is 4. The van der Waals surface area contributed by atoms with E-state index in [4.69, 9.17) is 16.7 Å². The molecule has 0 aliphatic carbocycles. The molecule has 4 nitrogen and oxygen atoms in total. The van der Waals surface area contributed by atoms with Crippen LogP contribution in [0.4, 0.5) is 0 Å². The van der Waals surface area contributed by atoms with E-state index in [9.17, 15) is 8.42 Å². The van der Waals surface area contributed by atoms with Crippen LogP contribution in [-0.4, -0.2) is 13.5 Å². The Hall–Kier alpha value is -1.08. The van der Waals surface area contributed by atoms with Crippen molar-refractivity contribution in [1.29, 1.82) is 0 Å². The second-order valence-electron chi connectivity index (χ2n) is 3.98. The Morgan fingerprint density at radius 1 is 1.21 bits per heavy atom. The van der Waals surface area contributed by atoms with Crippen molar-refractivity contribution in [3.8, 4) is 5.75 Å². The number of aromatic hydroxyl groups is 1. The van der Waals surface area contributed by atoms with Gasteiger partial charge in [0.1, 0.15) is 5.75 Å². The van der Waals surface area contributed by atoms with Crippen molar-refractivity contribution in [1.82, 2.24) is 4.72 Å². The normalized spacial score (nSPS) is 13.4. The maximum absolute atomic E-state index is 12.1. The van der Waals surface area contributed by atoms with Gasteiger partial charge >= 0.3 is 0 Å². The van der Waals surface area contributed by atoms with Crippen molar-refractivity contribution in [3.63, 3.8) is 0 Å². The number of halogens is 1. The van der Waals surface area contributed by atoms with Crippen LogP contribution in [0.2, 0.25) is 4.34 Å². The first-order valence-electron chi connectivity index (χ1n) is 5.45. The maximum atomic E-state index is 12.1. The lowest BCUT2D eigenvalue weighted by Crippen LogP contribution is -2.26. The van der Waals surface area contributed by atoms with Crippen molar-refractivity contribution >= 4 is 33.0 Å². The third-order valence-corrected chi connectivity index (χ3v) is 5.47. The predicted octanol–water partition coefficient (Wildman–Crippen LogP) is 3.15. The Kier molecular flexibility index (Phi) is 4.15. The molecule has 1 aromatic carbocycles. The first-order valence-corrected chi connectivity index (χ1v) is 8.13. The molecule has 0 amide bonds. The van der Waals surface area contributed by atoms with Gasteiger partial charge in [-0.3, -0.25) is 0 Å². The summed E-state index contributed by atoms with van der Waals surface area (Å²) in [6.07, 6.45) is 0. The number of thiophene rings is 1. The van der Waals surface area contributed by atoms with Crippen molar-refractivity contribution in [2.24, 2.45) is 0 Å². The van der Waals surface area contributed by atoms with Crippen LogP contribution in [0, 0.1) is 0 Å². The van der Waals surface area contributed by atoms with Crippen LogP contribution in [0.1, 0.15) is 17.8 Å².